The zero-order chi connectivity index (χ0) is 22.8. The maximum Gasteiger partial charge on any atom is 0.271 e. The fourth-order valence-corrected chi connectivity index (χ4v) is 7.23. The number of para-hydroxylation sites is 1. The van der Waals surface area contributed by atoms with Crippen molar-refractivity contribution in [3.05, 3.63) is 76.6 Å². The molecule has 33 heavy (non-hydrogen) atoms. The Morgan fingerprint density at radius 2 is 1.79 bits per heavy atom. The Morgan fingerprint density at radius 3 is 2.48 bits per heavy atom. The number of piperidine rings is 1. The monoisotopic (exact) mass is 497 g/mol. The van der Waals surface area contributed by atoms with Crippen molar-refractivity contribution in [3.8, 4) is 0 Å². The third-order valence-corrected chi connectivity index (χ3v) is 9.81. The summed E-state index contributed by atoms with van der Waals surface area (Å²) in [6.07, 6.45) is 2.16. The van der Waals surface area contributed by atoms with Gasteiger partial charge in [0.1, 0.15) is 4.21 Å². The van der Waals surface area contributed by atoms with E-state index in [1.54, 1.807) is 53.1 Å². The van der Waals surface area contributed by atoms with Crippen LogP contribution in [0.3, 0.4) is 0 Å². The smallest absolute Gasteiger partial charge is 0.271 e. The highest BCUT2D eigenvalue weighted by Crippen LogP contribution is 2.34. The van der Waals surface area contributed by atoms with Crippen molar-refractivity contribution >= 4 is 54.5 Å². The third-order valence-electron chi connectivity index (χ3n) is 5.83. The second-order valence-electron chi connectivity index (χ2n) is 8.09. The molecule has 0 unspecified atom stereocenters. The molecule has 0 aliphatic carbocycles. The molecule has 4 aromatic rings. The maximum atomic E-state index is 12.8. The molecule has 3 heterocycles. The summed E-state index contributed by atoms with van der Waals surface area (Å²) in [5, 5.41) is 2.90. The zero-order valence-electron chi connectivity index (χ0n) is 17.8. The number of hydrogen-bond donors (Lipinski definition) is 1. The van der Waals surface area contributed by atoms with Crippen molar-refractivity contribution in [2.45, 2.75) is 29.4 Å². The van der Waals surface area contributed by atoms with E-state index in [-0.39, 0.29) is 10.1 Å². The second kappa shape index (κ2) is 9.24. The van der Waals surface area contributed by atoms with Gasteiger partial charge in [0.25, 0.3) is 10.0 Å². The van der Waals surface area contributed by atoms with Crippen molar-refractivity contribution in [2.24, 2.45) is 0 Å². The normalized spacial score (nSPS) is 15.1. The SMILES string of the molecule is O=C(Cc1ccc(NS(=O)(=O)c2cccs2)cc1)N1CCC(c2nc3ccccc3s2)CC1. The number of benzene rings is 2. The van der Waals surface area contributed by atoms with Gasteiger partial charge in [0.2, 0.25) is 5.91 Å². The van der Waals surface area contributed by atoms with Crippen molar-refractivity contribution < 1.29 is 13.2 Å². The number of likely N-dealkylation sites (tertiary alicyclic amines) is 1. The molecular formula is C24H23N3O3S3. The van der Waals surface area contributed by atoms with Crippen LogP contribution in [0.5, 0.6) is 0 Å². The summed E-state index contributed by atoms with van der Waals surface area (Å²) in [6.45, 7) is 1.47. The highest BCUT2D eigenvalue weighted by Gasteiger charge is 2.26. The maximum absolute atomic E-state index is 12.8. The van der Waals surface area contributed by atoms with Gasteiger partial charge in [-0.1, -0.05) is 30.3 Å². The molecule has 0 saturated carbocycles. The van der Waals surface area contributed by atoms with Crippen LogP contribution in [0.4, 0.5) is 5.69 Å². The molecule has 2 aromatic carbocycles. The van der Waals surface area contributed by atoms with E-state index in [1.807, 2.05) is 23.1 Å². The van der Waals surface area contributed by atoms with Gasteiger partial charge in [0.05, 0.1) is 21.6 Å². The van der Waals surface area contributed by atoms with E-state index in [0.29, 0.717) is 18.0 Å². The van der Waals surface area contributed by atoms with Gasteiger partial charge in [-0.25, -0.2) is 13.4 Å². The number of thiophene rings is 1. The number of sulfonamides is 1. The number of carbonyl (C=O) groups excluding carboxylic acids is 1. The number of thiazole rings is 1. The highest BCUT2D eigenvalue weighted by molar-refractivity contribution is 7.94. The first kappa shape index (κ1) is 22.1. The standard InChI is InChI=1S/C24H23N3O3S3/c28-22(16-17-7-9-19(10-8-17)26-33(29,30)23-6-3-15-31-23)27-13-11-18(12-14-27)24-25-20-4-1-2-5-21(20)32-24/h1-10,15,18,26H,11-14,16H2. The molecule has 0 atom stereocenters. The molecule has 1 saturated heterocycles. The van der Waals surface area contributed by atoms with Crippen LogP contribution in [0.2, 0.25) is 0 Å². The highest BCUT2D eigenvalue weighted by atomic mass is 32.2. The van der Waals surface area contributed by atoms with Gasteiger partial charge in [-0.15, -0.1) is 22.7 Å². The lowest BCUT2D eigenvalue weighted by Crippen LogP contribution is -2.38. The predicted octanol–water partition coefficient (Wildman–Crippen LogP) is 5.11. The van der Waals surface area contributed by atoms with Crippen molar-refractivity contribution in [1.82, 2.24) is 9.88 Å². The van der Waals surface area contributed by atoms with Crippen molar-refractivity contribution in [1.29, 1.82) is 0 Å². The van der Waals surface area contributed by atoms with Crippen molar-refractivity contribution in [2.75, 3.05) is 17.8 Å². The fraction of sp³-hybridized carbons (Fsp3) is 0.250. The van der Waals surface area contributed by atoms with Crippen LogP contribution < -0.4 is 4.72 Å². The van der Waals surface area contributed by atoms with Gasteiger partial charge in [-0.2, -0.15) is 0 Å². The fourth-order valence-electron chi connectivity index (χ4n) is 4.04. The van der Waals surface area contributed by atoms with Gasteiger partial charge in [-0.3, -0.25) is 9.52 Å². The first-order valence-corrected chi connectivity index (χ1v) is 13.9. The summed E-state index contributed by atoms with van der Waals surface area (Å²) in [7, 11) is -3.57. The van der Waals surface area contributed by atoms with Gasteiger partial charge >= 0.3 is 0 Å². The molecule has 1 fully saturated rings. The summed E-state index contributed by atoms with van der Waals surface area (Å²) >= 11 is 2.93. The van der Waals surface area contributed by atoms with Crippen LogP contribution in [0, 0.1) is 0 Å². The average Bonchev–Trinajstić information content (AvgIpc) is 3.51. The van der Waals surface area contributed by atoms with Crippen LogP contribution in [0.25, 0.3) is 10.2 Å². The Hall–Kier alpha value is -2.75. The number of carbonyl (C=O) groups is 1. The number of hydrogen-bond acceptors (Lipinski definition) is 6. The first-order valence-electron chi connectivity index (χ1n) is 10.8. The number of anilines is 1. The molecule has 1 aliphatic rings. The summed E-state index contributed by atoms with van der Waals surface area (Å²) in [6, 6.07) is 18.5. The molecule has 0 radical (unpaired) electrons. The summed E-state index contributed by atoms with van der Waals surface area (Å²) in [5.74, 6) is 0.506. The molecule has 1 amide bonds. The Labute approximate surface area is 201 Å². The minimum absolute atomic E-state index is 0.102. The van der Waals surface area contributed by atoms with E-state index in [0.717, 1.165) is 37.0 Å². The van der Waals surface area contributed by atoms with E-state index in [9.17, 15) is 13.2 Å². The van der Waals surface area contributed by atoms with E-state index < -0.39 is 10.0 Å². The van der Waals surface area contributed by atoms with E-state index >= 15 is 0 Å². The first-order chi connectivity index (χ1) is 16.0. The second-order valence-corrected chi connectivity index (χ2v) is 12.0. The van der Waals surface area contributed by atoms with Crippen LogP contribution in [-0.4, -0.2) is 37.3 Å². The number of rotatable bonds is 6. The lowest BCUT2D eigenvalue weighted by molar-refractivity contribution is -0.131. The number of amides is 1. The topological polar surface area (TPSA) is 79.4 Å². The third kappa shape index (κ3) is 4.95. The lowest BCUT2D eigenvalue weighted by Gasteiger charge is -2.31. The Bertz CT molecular complexity index is 1320. The molecule has 9 heteroatoms. The quantitative estimate of drug-likeness (QED) is 0.402. The summed E-state index contributed by atoms with van der Waals surface area (Å²) in [5.41, 5.74) is 2.40. The van der Waals surface area contributed by atoms with E-state index in [2.05, 4.69) is 10.8 Å². The van der Waals surface area contributed by atoms with E-state index in [4.69, 9.17) is 4.98 Å². The predicted molar refractivity (Wildman–Crippen MR) is 133 cm³/mol. The number of aromatic nitrogens is 1. The number of fused-ring (bicyclic) bond motifs is 1. The lowest BCUT2D eigenvalue weighted by atomic mass is 9.97. The zero-order valence-corrected chi connectivity index (χ0v) is 20.3. The molecule has 6 nitrogen and oxygen atoms in total. The number of nitrogens with one attached hydrogen (secondary N) is 1. The molecule has 1 N–H and O–H groups in total. The van der Waals surface area contributed by atoms with Crippen LogP contribution >= 0.6 is 22.7 Å². The van der Waals surface area contributed by atoms with Crippen LogP contribution in [-0.2, 0) is 21.2 Å². The Kier molecular flexibility index (Phi) is 6.18. The van der Waals surface area contributed by atoms with Gasteiger partial charge in [-0.05, 0) is 54.1 Å². The van der Waals surface area contributed by atoms with Gasteiger partial charge in [0.15, 0.2) is 0 Å². The number of nitrogens with zero attached hydrogens (tertiary/aromatic N) is 2. The Morgan fingerprint density at radius 1 is 1.03 bits per heavy atom. The Balaban J connectivity index is 1.16. The molecule has 170 valence electrons. The summed E-state index contributed by atoms with van der Waals surface area (Å²) < 4.78 is 28.8. The van der Waals surface area contributed by atoms with Gasteiger partial charge < -0.3 is 4.90 Å². The van der Waals surface area contributed by atoms with E-state index in [1.165, 1.54) is 21.0 Å². The van der Waals surface area contributed by atoms with Crippen molar-refractivity contribution in [3.63, 3.8) is 0 Å². The molecular weight excluding hydrogens is 474 g/mol. The molecule has 0 spiro atoms. The molecule has 2 aromatic heterocycles. The minimum Gasteiger partial charge on any atom is -0.342 e. The molecule has 0 bridgehead atoms. The minimum atomic E-state index is -3.57. The van der Waals surface area contributed by atoms with Crippen LogP contribution in [0.15, 0.2) is 70.3 Å². The van der Waals surface area contributed by atoms with Crippen LogP contribution in [0.1, 0.15) is 29.3 Å². The largest absolute Gasteiger partial charge is 0.342 e. The average molecular weight is 498 g/mol. The molecule has 5 rings (SSSR count). The van der Waals surface area contributed by atoms with Gasteiger partial charge in [0, 0.05) is 24.7 Å². The summed E-state index contributed by atoms with van der Waals surface area (Å²) in [4.78, 5) is 19.5. The molecule has 1 aliphatic heterocycles.